The molecule has 0 spiro atoms. The van der Waals surface area contributed by atoms with E-state index in [0.717, 1.165) is 46.1 Å². The van der Waals surface area contributed by atoms with Crippen LogP contribution in [0.3, 0.4) is 0 Å². The predicted octanol–water partition coefficient (Wildman–Crippen LogP) is 1.93. The number of fused-ring (bicyclic) bond motifs is 5. The third-order valence-corrected chi connectivity index (χ3v) is 4.12. The summed E-state index contributed by atoms with van der Waals surface area (Å²) in [6.45, 7) is 1.65. The molecule has 4 heterocycles. The second-order valence-electron chi connectivity index (χ2n) is 6.05. The lowest BCUT2D eigenvalue weighted by Gasteiger charge is -2.12. The molecule has 0 amide bonds. The zero-order valence-corrected chi connectivity index (χ0v) is 13.6. The third kappa shape index (κ3) is 2.30. The van der Waals surface area contributed by atoms with Crippen LogP contribution in [-0.2, 0) is 0 Å². The highest BCUT2D eigenvalue weighted by atomic mass is 16.1. The van der Waals surface area contributed by atoms with Crippen LogP contribution in [0.2, 0.25) is 0 Å². The minimum Gasteiger partial charge on any atom is -0.368 e. The summed E-state index contributed by atoms with van der Waals surface area (Å²) in [5.74, 6) is 0.768. The van der Waals surface area contributed by atoms with Gasteiger partial charge in [-0.05, 0) is 26.2 Å². The van der Waals surface area contributed by atoms with Crippen molar-refractivity contribution in [1.29, 1.82) is 0 Å². The van der Waals surface area contributed by atoms with Gasteiger partial charge in [0.15, 0.2) is 0 Å². The van der Waals surface area contributed by atoms with E-state index in [9.17, 15) is 4.79 Å². The topological polar surface area (TPSA) is 89.7 Å². The van der Waals surface area contributed by atoms with E-state index in [-0.39, 0.29) is 5.56 Å². The highest BCUT2D eigenvalue weighted by Gasteiger charge is 2.15. The maximum atomic E-state index is 12.2. The van der Waals surface area contributed by atoms with Crippen molar-refractivity contribution in [2.24, 2.45) is 0 Å². The van der Waals surface area contributed by atoms with E-state index in [1.54, 1.807) is 18.6 Å². The van der Waals surface area contributed by atoms with E-state index >= 15 is 0 Å². The van der Waals surface area contributed by atoms with Crippen molar-refractivity contribution in [3.05, 3.63) is 41.1 Å². The fraction of sp³-hybridized carbons (Fsp3) is 0.235. The van der Waals surface area contributed by atoms with Crippen molar-refractivity contribution in [3.63, 3.8) is 0 Å². The Balaban J connectivity index is 2.02. The van der Waals surface area contributed by atoms with Gasteiger partial charge < -0.3 is 20.2 Å². The lowest BCUT2D eigenvalue weighted by atomic mass is 10.1. The maximum absolute atomic E-state index is 12.2. The minimum absolute atomic E-state index is 0.134. The highest BCUT2D eigenvalue weighted by molar-refractivity contribution is 6.20. The molecule has 3 N–H and O–H groups in total. The first-order valence-corrected chi connectivity index (χ1v) is 7.80. The Morgan fingerprint density at radius 1 is 1.21 bits per heavy atom. The summed E-state index contributed by atoms with van der Waals surface area (Å²) in [5, 5.41) is 6.15. The van der Waals surface area contributed by atoms with Gasteiger partial charge in [0.2, 0.25) is 0 Å². The molecule has 0 saturated carbocycles. The first kappa shape index (κ1) is 14.6. The Labute approximate surface area is 137 Å². The SMILES string of the molecule is CN(C)CCNc1nc2cnccc2c2[nH]c3c(=O)[nH]ccc3c12. The Kier molecular flexibility index (Phi) is 3.42. The van der Waals surface area contributed by atoms with Crippen LogP contribution in [-0.4, -0.2) is 52.0 Å². The molecular formula is C17H18N6O. The first-order valence-electron chi connectivity index (χ1n) is 7.80. The van der Waals surface area contributed by atoms with Crippen molar-refractivity contribution >= 4 is 38.5 Å². The van der Waals surface area contributed by atoms with E-state index in [1.807, 2.05) is 26.2 Å². The van der Waals surface area contributed by atoms with Crippen molar-refractivity contribution in [2.45, 2.75) is 0 Å². The normalized spacial score (nSPS) is 11.8. The number of nitrogens with zero attached hydrogens (tertiary/aromatic N) is 3. The molecule has 0 aromatic carbocycles. The molecule has 4 rings (SSSR count). The molecule has 0 unspecified atom stereocenters. The number of pyridine rings is 3. The zero-order valence-electron chi connectivity index (χ0n) is 13.6. The molecular weight excluding hydrogens is 304 g/mol. The molecule has 0 aliphatic rings. The first-order chi connectivity index (χ1) is 11.6. The van der Waals surface area contributed by atoms with Gasteiger partial charge in [-0.2, -0.15) is 0 Å². The van der Waals surface area contributed by atoms with Crippen LogP contribution in [0.5, 0.6) is 0 Å². The van der Waals surface area contributed by atoms with Gasteiger partial charge in [0.25, 0.3) is 5.56 Å². The van der Waals surface area contributed by atoms with Crippen LogP contribution < -0.4 is 10.9 Å². The molecule has 4 aromatic heterocycles. The van der Waals surface area contributed by atoms with Crippen molar-refractivity contribution in [1.82, 2.24) is 24.8 Å². The second kappa shape index (κ2) is 5.61. The number of anilines is 1. The summed E-state index contributed by atoms with van der Waals surface area (Å²) >= 11 is 0. The van der Waals surface area contributed by atoms with Crippen LogP contribution in [0.1, 0.15) is 0 Å². The Morgan fingerprint density at radius 2 is 2.08 bits per heavy atom. The van der Waals surface area contributed by atoms with Crippen molar-refractivity contribution < 1.29 is 0 Å². The van der Waals surface area contributed by atoms with Gasteiger partial charge in [-0.3, -0.25) is 9.78 Å². The molecule has 0 saturated heterocycles. The Bertz CT molecular complexity index is 1090. The predicted molar refractivity (Wildman–Crippen MR) is 96.6 cm³/mol. The van der Waals surface area contributed by atoms with E-state index in [0.29, 0.717) is 5.52 Å². The van der Waals surface area contributed by atoms with Crippen LogP contribution in [0.4, 0.5) is 5.82 Å². The van der Waals surface area contributed by atoms with E-state index in [1.165, 1.54) is 0 Å². The Hall–Kier alpha value is -2.93. The third-order valence-electron chi connectivity index (χ3n) is 4.12. The highest BCUT2D eigenvalue weighted by Crippen LogP contribution is 2.33. The summed E-state index contributed by atoms with van der Waals surface area (Å²) in [6.07, 6.45) is 5.14. The molecule has 0 aliphatic heterocycles. The molecule has 7 heteroatoms. The second-order valence-corrected chi connectivity index (χ2v) is 6.05. The van der Waals surface area contributed by atoms with Crippen LogP contribution in [0.25, 0.3) is 32.7 Å². The van der Waals surface area contributed by atoms with Gasteiger partial charge in [0.1, 0.15) is 11.3 Å². The fourth-order valence-corrected chi connectivity index (χ4v) is 2.97. The number of rotatable bonds is 4. The van der Waals surface area contributed by atoms with Gasteiger partial charge >= 0.3 is 0 Å². The average Bonchev–Trinajstić information content (AvgIpc) is 2.96. The number of hydrogen-bond acceptors (Lipinski definition) is 5. The largest absolute Gasteiger partial charge is 0.368 e. The lowest BCUT2D eigenvalue weighted by molar-refractivity contribution is 0.425. The molecule has 7 nitrogen and oxygen atoms in total. The summed E-state index contributed by atoms with van der Waals surface area (Å²) < 4.78 is 0. The van der Waals surface area contributed by atoms with E-state index < -0.39 is 0 Å². The number of aromatic nitrogens is 4. The summed E-state index contributed by atoms with van der Waals surface area (Å²) in [5.41, 5.74) is 2.13. The monoisotopic (exact) mass is 322 g/mol. The molecule has 4 aromatic rings. The van der Waals surface area contributed by atoms with Crippen molar-refractivity contribution in [3.8, 4) is 0 Å². The van der Waals surface area contributed by atoms with Gasteiger partial charge in [0, 0.05) is 36.3 Å². The van der Waals surface area contributed by atoms with Gasteiger partial charge in [-0.1, -0.05) is 0 Å². The smallest absolute Gasteiger partial charge is 0.272 e. The molecule has 0 atom stereocenters. The van der Waals surface area contributed by atoms with Gasteiger partial charge in [-0.15, -0.1) is 0 Å². The Morgan fingerprint density at radius 3 is 2.92 bits per heavy atom. The maximum Gasteiger partial charge on any atom is 0.272 e. The lowest BCUT2D eigenvalue weighted by Crippen LogP contribution is -2.21. The quantitative estimate of drug-likeness (QED) is 0.534. The van der Waals surface area contributed by atoms with Crippen LogP contribution in [0, 0.1) is 0 Å². The van der Waals surface area contributed by atoms with E-state index in [4.69, 9.17) is 4.98 Å². The molecule has 122 valence electrons. The molecule has 0 radical (unpaired) electrons. The van der Waals surface area contributed by atoms with Gasteiger partial charge in [-0.25, -0.2) is 4.98 Å². The number of H-pyrrole nitrogens is 2. The minimum atomic E-state index is -0.134. The number of aromatic amines is 2. The summed E-state index contributed by atoms with van der Waals surface area (Å²) in [4.78, 5) is 29.1. The summed E-state index contributed by atoms with van der Waals surface area (Å²) in [6, 6.07) is 3.82. The van der Waals surface area contributed by atoms with E-state index in [2.05, 4.69) is 25.2 Å². The molecule has 0 aliphatic carbocycles. The van der Waals surface area contributed by atoms with Gasteiger partial charge in [0.05, 0.1) is 22.6 Å². The zero-order chi connectivity index (χ0) is 16.7. The van der Waals surface area contributed by atoms with Crippen LogP contribution >= 0.6 is 0 Å². The number of likely N-dealkylation sites (N-methyl/N-ethyl adjacent to an activating group) is 1. The number of hydrogen-bond donors (Lipinski definition) is 3. The van der Waals surface area contributed by atoms with Crippen molar-refractivity contribution in [2.75, 3.05) is 32.5 Å². The number of nitrogens with one attached hydrogen (secondary N) is 3. The summed E-state index contributed by atoms with van der Waals surface area (Å²) in [7, 11) is 4.06. The molecule has 0 bridgehead atoms. The molecule has 24 heavy (non-hydrogen) atoms. The fourth-order valence-electron chi connectivity index (χ4n) is 2.97. The van der Waals surface area contributed by atoms with Crippen LogP contribution in [0.15, 0.2) is 35.5 Å². The molecule has 0 fully saturated rings. The standard InChI is InChI=1S/C17H18N6O/c1-23(2)8-7-19-16-13-11-4-6-20-17(24)15(11)22-14(13)10-3-5-18-9-12(10)21-16/h3-6,9,22H,7-8H2,1-2H3,(H,19,21)(H,20,24). The average molecular weight is 322 g/mol.